The van der Waals surface area contributed by atoms with Crippen molar-refractivity contribution >= 4 is 40.2 Å². The normalized spacial score (nSPS) is 10.8. The molecule has 0 bridgehead atoms. The molecule has 1 aromatic heterocycles. The molecular weight excluding hydrogens is 458 g/mol. The fraction of sp³-hybridized carbons (Fsp3) is 0.214. The summed E-state index contributed by atoms with van der Waals surface area (Å²) in [6.07, 6.45) is 2.05. The van der Waals surface area contributed by atoms with E-state index in [4.69, 9.17) is 4.74 Å². The summed E-state index contributed by atoms with van der Waals surface area (Å²) in [6.45, 7) is 5.12. The van der Waals surface area contributed by atoms with Gasteiger partial charge < -0.3 is 19.9 Å². The van der Waals surface area contributed by atoms with Crippen molar-refractivity contribution in [2.24, 2.45) is 0 Å². The third kappa shape index (κ3) is 6.25. The van der Waals surface area contributed by atoms with Crippen molar-refractivity contribution in [2.45, 2.75) is 25.3 Å². The summed E-state index contributed by atoms with van der Waals surface area (Å²) in [5, 5.41) is 7.03. The smallest absolute Gasteiger partial charge is 0.251 e. The predicted molar refractivity (Wildman–Crippen MR) is 143 cm³/mol. The molecule has 180 valence electrons. The molecule has 4 rings (SSSR count). The number of nitrogens with one attached hydrogen (secondary N) is 2. The van der Waals surface area contributed by atoms with Crippen LogP contribution in [0.5, 0.6) is 5.75 Å². The molecule has 3 aromatic carbocycles. The lowest BCUT2D eigenvalue weighted by molar-refractivity contribution is -0.113. The van der Waals surface area contributed by atoms with Crippen molar-refractivity contribution in [3.05, 3.63) is 89.6 Å². The van der Waals surface area contributed by atoms with Crippen LogP contribution < -0.4 is 15.4 Å². The average molecular weight is 488 g/mol. The van der Waals surface area contributed by atoms with Crippen LogP contribution in [0.3, 0.4) is 0 Å². The number of benzene rings is 3. The standard InChI is InChI=1S/C28H29N3O3S/c1-19-13-20(2)15-21(14-19)28(33)29-11-12-31-17-26(24-9-4-5-10-25(24)31)35-18-27(32)30-22-7-6-8-23(16-22)34-3/h4-10,13-17H,11-12,18H2,1-3H3,(H,29,33)(H,30,32). The molecule has 6 nitrogen and oxygen atoms in total. The Hall–Kier alpha value is -3.71. The molecule has 0 unspecified atom stereocenters. The molecule has 0 atom stereocenters. The van der Waals surface area contributed by atoms with Crippen molar-refractivity contribution in [1.82, 2.24) is 9.88 Å². The van der Waals surface area contributed by atoms with Gasteiger partial charge in [0.05, 0.1) is 12.9 Å². The number of thioether (sulfide) groups is 1. The first-order valence-corrected chi connectivity index (χ1v) is 12.4. The number of amides is 2. The first-order chi connectivity index (χ1) is 16.9. The number of hydrogen-bond donors (Lipinski definition) is 2. The molecule has 4 aromatic rings. The number of carbonyl (C=O) groups excluding carboxylic acids is 2. The number of aryl methyl sites for hydroxylation is 2. The van der Waals surface area contributed by atoms with Crippen LogP contribution in [0.2, 0.25) is 0 Å². The third-order valence-electron chi connectivity index (χ3n) is 5.59. The van der Waals surface area contributed by atoms with E-state index in [0.29, 0.717) is 30.1 Å². The highest BCUT2D eigenvalue weighted by atomic mass is 32.2. The molecule has 0 radical (unpaired) electrons. The van der Waals surface area contributed by atoms with Gasteiger partial charge >= 0.3 is 0 Å². The Morgan fingerprint density at radius 2 is 1.74 bits per heavy atom. The Morgan fingerprint density at radius 1 is 0.971 bits per heavy atom. The van der Waals surface area contributed by atoms with E-state index in [9.17, 15) is 9.59 Å². The molecule has 2 N–H and O–H groups in total. The monoisotopic (exact) mass is 487 g/mol. The number of fused-ring (bicyclic) bond motifs is 1. The van der Waals surface area contributed by atoms with Crippen LogP contribution >= 0.6 is 11.8 Å². The van der Waals surface area contributed by atoms with Gasteiger partial charge in [-0.05, 0) is 44.2 Å². The molecule has 1 heterocycles. The van der Waals surface area contributed by atoms with Gasteiger partial charge in [0.2, 0.25) is 5.91 Å². The van der Waals surface area contributed by atoms with Gasteiger partial charge in [0, 0.05) is 52.4 Å². The predicted octanol–water partition coefficient (Wildman–Crippen LogP) is 5.43. The summed E-state index contributed by atoms with van der Waals surface area (Å²) in [5.74, 6) is 0.829. The minimum absolute atomic E-state index is 0.0722. The number of hydrogen-bond acceptors (Lipinski definition) is 4. The minimum atomic E-state index is -0.0826. The number of rotatable bonds is 9. The first kappa shape index (κ1) is 24.4. The molecule has 0 fully saturated rings. The quantitative estimate of drug-likeness (QED) is 0.309. The number of carbonyl (C=O) groups is 2. The van der Waals surface area contributed by atoms with Crippen LogP contribution in [0.15, 0.2) is 77.8 Å². The van der Waals surface area contributed by atoms with E-state index >= 15 is 0 Å². The minimum Gasteiger partial charge on any atom is -0.497 e. The molecule has 0 aliphatic carbocycles. The van der Waals surface area contributed by atoms with Gasteiger partial charge in [0.15, 0.2) is 0 Å². The Labute approximate surface area is 209 Å². The lowest BCUT2D eigenvalue weighted by Crippen LogP contribution is -2.27. The first-order valence-electron chi connectivity index (χ1n) is 11.4. The Morgan fingerprint density at radius 3 is 2.51 bits per heavy atom. The zero-order chi connectivity index (χ0) is 24.8. The number of methoxy groups -OCH3 is 1. The molecule has 0 saturated carbocycles. The molecule has 35 heavy (non-hydrogen) atoms. The number of anilines is 1. The van der Waals surface area contributed by atoms with Crippen molar-refractivity contribution < 1.29 is 14.3 Å². The number of ether oxygens (including phenoxy) is 1. The largest absolute Gasteiger partial charge is 0.497 e. The number of nitrogens with zero attached hydrogens (tertiary/aromatic N) is 1. The Kier molecular flexibility index (Phi) is 7.77. The highest BCUT2D eigenvalue weighted by Crippen LogP contribution is 2.30. The fourth-order valence-electron chi connectivity index (χ4n) is 4.05. The molecule has 0 spiro atoms. The molecular formula is C28H29N3O3S. The van der Waals surface area contributed by atoms with Gasteiger partial charge in [-0.2, -0.15) is 0 Å². The van der Waals surface area contributed by atoms with E-state index in [1.54, 1.807) is 13.2 Å². The second-order valence-corrected chi connectivity index (χ2v) is 9.42. The van der Waals surface area contributed by atoms with Crippen molar-refractivity contribution in [3.63, 3.8) is 0 Å². The molecule has 7 heteroatoms. The van der Waals surface area contributed by atoms with Crippen LogP contribution in [0.4, 0.5) is 5.69 Å². The highest BCUT2D eigenvalue weighted by Gasteiger charge is 2.12. The van der Waals surface area contributed by atoms with Gasteiger partial charge in [0.1, 0.15) is 5.75 Å². The SMILES string of the molecule is COc1cccc(NC(=O)CSc2cn(CCNC(=O)c3cc(C)cc(C)c3)c3ccccc23)c1. The second kappa shape index (κ2) is 11.1. The Balaban J connectivity index is 1.38. The second-order valence-electron chi connectivity index (χ2n) is 8.40. The molecule has 2 amide bonds. The molecule has 0 aliphatic heterocycles. The summed E-state index contributed by atoms with van der Waals surface area (Å²) in [5.41, 5.74) is 4.60. The van der Waals surface area contributed by atoms with Gasteiger partial charge in [-0.25, -0.2) is 0 Å². The lowest BCUT2D eigenvalue weighted by Gasteiger charge is -2.09. The number of para-hydroxylation sites is 1. The topological polar surface area (TPSA) is 72.4 Å². The van der Waals surface area contributed by atoms with Gasteiger partial charge in [-0.3, -0.25) is 9.59 Å². The van der Waals surface area contributed by atoms with Crippen molar-refractivity contribution in [1.29, 1.82) is 0 Å². The van der Waals surface area contributed by atoms with E-state index < -0.39 is 0 Å². The van der Waals surface area contributed by atoms with E-state index in [0.717, 1.165) is 26.9 Å². The maximum absolute atomic E-state index is 12.6. The van der Waals surface area contributed by atoms with Crippen LogP contribution in [0.1, 0.15) is 21.5 Å². The maximum Gasteiger partial charge on any atom is 0.251 e. The summed E-state index contributed by atoms with van der Waals surface area (Å²) in [7, 11) is 1.60. The summed E-state index contributed by atoms with van der Waals surface area (Å²) >= 11 is 1.50. The summed E-state index contributed by atoms with van der Waals surface area (Å²) in [6, 6.07) is 21.3. The zero-order valence-electron chi connectivity index (χ0n) is 20.1. The van der Waals surface area contributed by atoms with E-state index in [1.165, 1.54) is 11.8 Å². The van der Waals surface area contributed by atoms with Gasteiger partial charge in [0.25, 0.3) is 5.91 Å². The number of aromatic nitrogens is 1. The van der Waals surface area contributed by atoms with E-state index in [2.05, 4.69) is 39.6 Å². The van der Waals surface area contributed by atoms with Gasteiger partial charge in [-0.15, -0.1) is 11.8 Å². The van der Waals surface area contributed by atoms with E-state index in [1.807, 2.05) is 56.3 Å². The Bertz CT molecular complexity index is 1340. The summed E-state index contributed by atoms with van der Waals surface area (Å²) in [4.78, 5) is 26.2. The lowest BCUT2D eigenvalue weighted by atomic mass is 10.1. The summed E-state index contributed by atoms with van der Waals surface area (Å²) < 4.78 is 7.34. The fourth-order valence-corrected chi connectivity index (χ4v) is 4.94. The maximum atomic E-state index is 12.6. The van der Waals surface area contributed by atoms with Crippen LogP contribution in [-0.4, -0.2) is 35.8 Å². The van der Waals surface area contributed by atoms with Gasteiger partial charge in [-0.1, -0.05) is 41.5 Å². The van der Waals surface area contributed by atoms with Crippen molar-refractivity contribution in [2.75, 3.05) is 24.7 Å². The van der Waals surface area contributed by atoms with Crippen molar-refractivity contribution in [3.8, 4) is 5.75 Å². The zero-order valence-corrected chi connectivity index (χ0v) is 20.9. The molecule has 0 aliphatic rings. The average Bonchev–Trinajstić information content (AvgIpc) is 3.20. The van der Waals surface area contributed by atoms with Crippen LogP contribution in [0, 0.1) is 13.8 Å². The van der Waals surface area contributed by atoms with Crippen LogP contribution in [0.25, 0.3) is 10.9 Å². The molecule has 0 saturated heterocycles. The van der Waals surface area contributed by atoms with E-state index in [-0.39, 0.29) is 17.6 Å². The van der Waals surface area contributed by atoms with Crippen LogP contribution in [-0.2, 0) is 11.3 Å². The third-order valence-corrected chi connectivity index (χ3v) is 6.63. The highest BCUT2D eigenvalue weighted by molar-refractivity contribution is 8.00.